The zero-order valence-electron chi connectivity index (χ0n) is 9.04. The lowest BCUT2D eigenvalue weighted by molar-refractivity contribution is 1.50. The molecule has 0 atom stereocenters. The Morgan fingerprint density at radius 3 is 1.81 bits per heavy atom. The highest BCUT2D eigenvalue weighted by Gasteiger charge is 2.13. The molecule has 0 aliphatic rings. The van der Waals surface area contributed by atoms with Crippen molar-refractivity contribution >= 4 is 39.2 Å². The zero-order chi connectivity index (χ0) is 12.0. The van der Waals surface area contributed by atoms with Crippen molar-refractivity contribution in [3.63, 3.8) is 0 Å². The Morgan fingerprint density at radius 1 is 0.688 bits per heavy atom. The molecule has 2 aromatic carbocycles. The summed E-state index contributed by atoms with van der Waals surface area (Å²) in [6, 6.07) is 3.37. The van der Waals surface area contributed by atoms with E-state index in [0.29, 0.717) is 39.2 Å². The molecule has 0 fully saturated rings. The van der Waals surface area contributed by atoms with E-state index in [9.17, 15) is 0 Å². The number of rotatable bonds is 0. The summed E-state index contributed by atoms with van der Waals surface area (Å²) in [7, 11) is 0. The van der Waals surface area contributed by atoms with Crippen LogP contribution in [-0.4, -0.2) is 0 Å². The quantitative estimate of drug-likeness (QED) is 0.421. The van der Waals surface area contributed by atoms with Gasteiger partial charge in [0, 0.05) is 27.8 Å². The first-order valence-electron chi connectivity index (χ1n) is 4.85. The van der Waals surface area contributed by atoms with Gasteiger partial charge in [-0.2, -0.15) is 0 Å². The second kappa shape index (κ2) is 3.10. The van der Waals surface area contributed by atoms with Crippen LogP contribution in [0.5, 0.6) is 0 Å². The molecule has 0 heterocycles. The van der Waals surface area contributed by atoms with E-state index in [4.69, 9.17) is 28.7 Å². The lowest BCUT2D eigenvalue weighted by Gasteiger charge is -2.14. The molecule has 2 aromatic rings. The molecule has 2 rings (SSSR count). The molecule has 0 aliphatic heterocycles. The van der Waals surface area contributed by atoms with Crippen molar-refractivity contribution < 1.29 is 0 Å². The molecule has 0 bridgehead atoms. The third-order valence-corrected chi connectivity index (χ3v) is 2.78. The lowest BCUT2D eigenvalue weighted by atomic mass is 9.99. The van der Waals surface area contributed by atoms with E-state index in [1.54, 1.807) is 12.1 Å². The van der Waals surface area contributed by atoms with Crippen molar-refractivity contribution in [3.8, 4) is 0 Å². The third kappa shape index (κ3) is 1.18. The van der Waals surface area contributed by atoms with Crippen LogP contribution in [0.2, 0.25) is 0 Å². The highest BCUT2D eigenvalue weighted by atomic mass is 14.7. The Bertz CT molecular complexity index is 536. The number of anilines is 5. The molecule has 0 saturated carbocycles. The van der Waals surface area contributed by atoms with Crippen molar-refractivity contribution in [3.05, 3.63) is 17.7 Å². The van der Waals surface area contributed by atoms with Crippen LogP contribution in [0, 0.1) is 6.92 Å². The molecule has 5 heteroatoms. The van der Waals surface area contributed by atoms with Gasteiger partial charge in [0.25, 0.3) is 0 Å². The Morgan fingerprint density at radius 2 is 1.19 bits per heavy atom. The first-order chi connectivity index (χ1) is 7.43. The van der Waals surface area contributed by atoms with Gasteiger partial charge in [0.05, 0.1) is 11.4 Å². The van der Waals surface area contributed by atoms with Crippen molar-refractivity contribution in [2.45, 2.75) is 6.92 Å². The van der Waals surface area contributed by atoms with Gasteiger partial charge >= 0.3 is 0 Å². The maximum atomic E-state index is 5.98. The molecule has 5 nitrogen and oxygen atoms in total. The van der Waals surface area contributed by atoms with E-state index in [0.717, 1.165) is 5.56 Å². The van der Waals surface area contributed by atoms with Crippen molar-refractivity contribution in [2.75, 3.05) is 28.7 Å². The summed E-state index contributed by atoms with van der Waals surface area (Å²) < 4.78 is 0. The fourth-order valence-electron chi connectivity index (χ4n) is 1.91. The van der Waals surface area contributed by atoms with Crippen molar-refractivity contribution in [2.24, 2.45) is 0 Å². The molecule has 84 valence electrons. The van der Waals surface area contributed by atoms with Crippen molar-refractivity contribution in [1.82, 2.24) is 0 Å². The normalized spacial score (nSPS) is 10.8. The number of fused-ring (bicyclic) bond motifs is 1. The largest absolute Gasteiger partial charge is 0.398 e. The molecule has 0 amide bonds. The van der Waals surface area contributed by atoms with Crippen LogP contribution in [0.4, 0.5) is 28.4 Å². The van der Waals surface area contributed by atoms with Gasteiger partial charge in [-0.15, -0.1) is 0 Å². The van der Waals surface area contributed by atoms with Crippen LogP contribution < -0.4 is 28.7 Å². The summed E-state index contributed by atoms with van der Waals surface area (Å²) in [4.78, 5) is 0. The fraction of sp³-hybridized carbons (Fsp3) is 0.0909. The van der Waals surface area contributed by atoms with E-state index in [-0.39, 0.29) is 0 Å². The third-order valence-electron chi connectivity index (χ3n) is 2.78. The maximum Gasteiger partial charge on any atom is 0.0650 e. The summed E-state index contributed by atoms with van der Waals surface area (Å²) in [5, 5.41) is 1.32. The van der Waals surface area contributed by atoms with E-state index >= 15 is 0 Å². The summed E-state index contributed by atoms with van der Waals surface area (Å²) in [6.45, 7) is 1.87. The van der Waals surface area contributed by atoms with E-state index in [2.05, 4.69) is 0 Å². The first-order valence-corrected chi connectivity index (χ1v) is 4.85. The minimum Gasteiger partial charge on any atom is -0.398 e. The molecule has 0 saturated heterocycles. The first kappa shape index (κ1) is 10.2. The minimum absolute atomic E-state index is 0.417. The SMILES string of the molecule is Cc1cc(N)c2c(N)c(N)cc(N)c2c1N. The molecule has 10 N–H and O–H groups in total. The molecular formula is C11H15N5. The van der Waals surface area contributed by atoms with Gasteiger partial charge < -0.3 is 28.7 Å². The number of nitrogen functional groups attached to an aromatic ring is 5. The van der Waals surface area contributed by atoms with Crippen LogP contribution in [-0.2, 0) is 0 Å². The molecule has 0 radical (unpaired) electrons. The molecule has 0 aromatic heterocycles. The molecule has 0 aliphatic carbocycles. The van der Waals surface area contributed by atoms with E-state index < -0.39 is 0 Å². The number of hydrogen-bond acceptors (Lipinski definition) is 5. The minimum atomic E-state index is 0.417. The van der Waals surface area contributed by atoms with Crippen LogP contribution in [0.3, 0.4) is 0 Å². The second-order valence-corrected chi connectivity index (χ2v) is 3.92. The summed E-state index contributed by atoms with van der Waals surface area (Å²) >= 11 is 0. The zero-order valence-corrected chi connectivity index (χ0v) is 9.04. The molecule has 0 spiro atoms. The topological polar surface area (TPSA) is 130 Å². The van der Waals surface area contributed by atoms with Gasteiger partial charge in [-0.05, 0) is 24.6 Å². The number of aryl methyl sites for hydroxylation is 1. The summed E-state index contributed by atoms with van der Waals surface area (Å²) in [5.74, 6) is 0. The van der Waals surface area contributed by atoms with Gasteiger partial charge in [-0.25, -0.2) is 0 Å². The Balaban J connectivity index is 3.11. The van der Waals surface area contributed by atoms with Gasteiger partial charge in [0.1, 0.15) is 0 Å². The monoisotopic (exact) mass is 217 g/mol. The van der Waals surface area contributed by atoms with Crippen LogP contribution in [0.25, 0.3) is 10.8 Å². The van der Waals surface area contributed by atoms with Gasteiger partial charge in [-0.3, -0.25) is 0 Å². The average Bonchev–Trinajstić information content (AvgIpc) is 2.20. The molecular weight excluding hydrogens is 202 g/mol. The molecule has 0 unspecified atom stereocenters. The summed E-state index contributed by atoms with van der Waals surface area (Å²) in [5.41, 5.74) is 32.8. The second-order valence-electron chi connectivity index (χ2n) is 3.92. The van der Waals surface area contributed by atoms with Crippen molar-refractivity contribution in [1.29, 1.82) is 0 Å². The lowest BCUT2D eigenvalue weighted by Crippen LogP contribution is -2.04. The van der Waals surface area contributed by atoms with E-state index in [1.807, 2.05) is 6.92 Å². The number of hydrogen-bond donors (Lipinski definition) is 5. The Labute approximate surface area is 93.2 Å². The predicted molar refractivity (Wildman–Crippen MR) is 70.7 cm³/mol. The maximum absolute atomic E-state index is 5.98. The highest BCUT2D eigenvalue weighted by Crippen LogP contribution is 2.40. The van der Waals surface area contributed by atoms with Gasteiger partial charge in [0.15, 0.2) is 0 Å². The van der Waals surface area contributed by atoms with Gasteiger partial charge in [0.2, 0.25) is 0 Å². The van der Waals surface area contributed by atoms with Gasteiger partial charge in [-0.1, -0.05) is 0 Å². The average molecular weight is 217 g/mol. The molecule has 16 heavy (non-hydrogen) atoms. The van der Waals surface area contributed by atoms with Crippen LogP contribution >= 0.6 is 0 Å². The fourth-order valence-corrected chi connectivity index (χ4v) is 1.91. The smallest absolute Gasteiger partial charge is 0.0650 e. The highest BCUT2D eigenvalue weighted by molar-refractivity contribution is 6.16. The summed E-state index contributed by atoms with van der Waals surface area (Å²) in [6.07, 6.45) is 0. The Hall–Kier alpha value is -2.30. The number of nitrogens with two attached hydrogens (primary N) is 5. The van der Waals surface area contributed by atoms with E-state index in [1.165, 1.54) is 0 Å². The van der Waals surface area contributed by atoms with Crippen LogP contribution in [0.1, 0.15) is 5.56 Å². The van der Waals surface area contributed by atoms with Crippen LogP contribution in [0.15, 0.2) is 12.1 Å². The standard InChI is InChI=1S/C11H15N5/c1-4-2-5(12)9-8(10(4)15)6(13)3-7(14)11(9)16/h2-3H,12-16H2,1H3. The Kier molecular flexibility index (Phi) is 1.98. The predicted octanol–water partition coefficient (Wildman–Crippen LogP) is 1.06. The number of benzene rings is 2.